The molecule has 0 heterocycles. The molecule has 0 aromatic heterocycles. The predicted molar refractivity (Wildman–Crippen MR) is 105 cm³/mol. The summed E-state index contributed by atoms with van der Waals surface area (Å²) in [5, 5.41) is 34.7. The van der Waals surface area contributed by atoms with E-state index in [1.54, 1.807) is 48.5 Å². The smallest absolute Gasteiger partial charge is 0.0714 e. The largest absolute Gasteiger partial charge is 0.288 e. The van der Waals surface area contributed by atoms with Gasteiger partial charge in [0.15, 0.2) is 0 Å². The lowest BCUT2D eigenvalue weighted by Crippen LogP contribution is -2.38. The van der Waals surface area contributed by atoms with Crippen LogP contribution in [-0.2, 0) is 0 Å². The summed E-state index contributed by atoms with van der Waals surface area (Å²) in [4.78, 5) is 0. The van der Waals surface area contributed by atoms with Crippen LogP contribution in [0.1, 0.15) is 41.5 Å². The molecule has 0 radical (unpaired) electrons. The summed E-state index contributed by atoms with van der Waals surface area (Å²) in [7, 11) is 0. The summed E-state index contributed by atoms with van der Waals surface area (Å²) in [6.07, 6.45) is 0. The van der Waals surface area contributed by atoms with Crippen molar-refractivity contribution in [1.29, 1.82) is 0 Å². The van der Waals surface area contributed by atoms with E-state index in [1.807, 2.05) is 41.5 Å². The molecular formula is C20H29N3O3. The van der Waals surface area contributed by atoms with Gasteiger partial charge in [-0.05, 0) is 77.9 Å². The van der Waals surface area contributed by atoms with Crippen molar-refractivity contribution in [2.45, 2.75) is 52.6 Å². The van der Waals surface area contributed by atoms with Crippen LogP contribution in [0.25, 0.3) is 0 Å². The Labute approximate surface area is 155 Å². The molecule has 2 rings (SSSR count). The molecule has 0 bridgehead atoms. The maximum Gasteiger partial charge on any atom is 0.0714 e. The third kappa shape index (κ3) is 4.46. The summed E-state index contributed by atoms with van der Waals surface area (Å²) < 4.78 is 0. The van der Waals surface area contributed by atoms with E-state index in [4.69, 9.17) is 0 Å². The second-order valence-corrected chi connectivity index (χ2v) is 8.32. The van der Waals surface area contributed by atoms with Gasteiger partial charge in [0.25, 0.3) is 0 Å². The number of hydrogen-bond donors (Lipinski definition) is 3. The molecule has 0 saturated carbocycles. The van der Waals surface area contributed by atoms with E-state index in [0.717, 1.165) is 15.2 Å². The highest BCUT2D eigenvalue weighted by atomic mass is 16.5. The average molecular weight is 359 g/mol. The Hall–Kier alpha value is -2.28. The first-order chi connectivity index (χ1) is 11.9. The van der Waals surface area contributed by atoms with E-state index < -0.39 is 11.1 Å². The maximum atomic E-state index is 10.6. The summed E-state index contributed by atoms with van der Waals surface area (Å²) in [6.45, 7) is 11.3. The first-order valence-corrected chi connectivity index (χ1v) is 8.58. The van der Waals surface area contributed by atoms with Crippen LogP contribution < -0.4 is 15.2 Å². The fourth-order valence-electron chi connectivity index (χ4n) is 2.44. The predicted octanol–water partition coefficient (Wildman–Crippen LogP) is 5.20. The van der Waals surface area contributed by atoms with Gasteiger partial charge in [-0.1, -0.05) is 12.1 Å². The Morgan fingerprint density at radius 1 is 0.577 bits per heavy atom. The molecule has 2 aromatic carbocycles. The van der Waals surface area contributed by atoms with Crippen molar-refractivity contribution in [3.05, 3.63) is 48.5 Å². The Morgan fingerprint density at radius 3 is 1.19 bits per heavy atom. The first-order valence-electron chi connectivity index (χ1n) is 8.58. The molecule has 0 aliphatic carbocycles. The topological polar surface area (TPSA) is 70.4 Å². The Balaban J connectivity index is 2.34. The number of anilines is 4. The van der Waals surface area contributed by atoms with E-state index in [2.05, 4.69) is 0 Å². The highest BCUT2D eigenvalue weighted by Crippen LogP contribution is 2.32. The minimum Gasteiger partial charge on any atom is -0.288 e. The third-order valence-corrected chi connectivity index (χ3v) is 3.91. The fraction of sp³-hybridized carbons (Fsp3) is 0.400. The second kappa shape index (κ2) is 7.15. The fourth-order valence-corrected chi connectivity index (χ4v) is 2.44. The number of nitrogens with zero attached hydrogens (tertiary/aromatic N) is 3. The Bertz CT molecular complexity index is 687. The Morgan fingerprint density at radius 2 is 0.885 bits per heavy atom. The van der Waals surface area contributed by atoms with Crippen molar-refractivity contribution in [2.75, 3.05) is 15.2 Å². The van der Waals surface area contributed by atoms with Crippen LogP contribution in [-0.4, -0.2) is 26.7 Å². The first kappa shape index (κ1) is 20.0. The normalized spacial score (nSPS) is 12.0. The van der Waals surface area contributed by atoms with E-state index >= 15 is 0 Å². The van der Waals surface area contributed by atoms with Crippen LogP contribution in [0.3, 0.4) is 0 Å². The van der Waals surface area contributed by atoms with Crippen molar-refractivity contribution in [1.82, 2.24) is 0 Å². The maximum absolute atomic E-state index is 10.6. The molecule has 0 unspecified atom stereocenters. The van der Waals surface area contributed by atoms with Gasteiger partial charge in [-0.3, -0.25) is 25.7 Å². The van der Waals surface area contributed by atoms with Gasteiger partial charge in [-0.25, -0.2) is 5.06 Å². The van der Waals surface area contributed by atoms with Crippen molar-refractivity contribution in [3.63, 3.8) is 0 Å². The molecule has 2 aromatic rings. The summed E-state index contributed by atoms with van der Waals surface area (Å²) in [5.41, 5.74) is 1.21. The highest BCUT2D eigenvalue weighted by Gasteiger charge is 2.22. The van der Waals surface area contributed by atoms with Gasteiger partial charge in [0.2, 0.25) is 0 Å². The van der Waals surface area contributed by atoms with Gasteiger partial charge in [-0.15, -0.1) is 0 Å². The molecule has 0 saturated heterocycles. The molecule has 26 heavy (non-hydrogen) atoms. The summed E-state index contributed by atoms with van der Waals surface area (Å²) in [5.74, 6) is 0. The minimum atomic E-state index is -0.469. The zero-order valence-corrected chi connectivity index (χ0v) is 16.3. The summed E-state index contributed by atoms with van der Waals surface area (Å²) >= 11 is 0. The zero-order chi connectivity index (χ0) is 19.7. The van der Waals surface area contributed by atoms with Crippen LogP contribution in [0, 0.1) is 0 Å². The molecule has 0 spiro atoms. The van der Waals surface area contributed by atoms with Gasteiger partial charge in [-0.2, -0.15) is 0 Å². The molecule has 6 heteroatoms. The molecule has 0 aliphatic heterocycles. The molecule has 142 valence electrons. The van der Waals surface area contributed by atoms with Crippen LogP contribution in [0.5, 0.6) is 0 Å². The van der Waals surface area contributed by atoms with E-state index in [9.17, 15) is 15.6 Å². The van der Waals surface area contributed by atoms with E-state index in [0.29, 0.717) is 22.7 Å². The SMILES string of the molecule is CC(C)(C)N(O)c1cccc(N(O)c2cccc(N(O)C(C)(C)C)c2)c1. The van der Waals surface area contributed by atoms with Gasteiger partial charge < -0.3 is 0 Å². The van der Waals surface area contributed by atoms with Crippen LogP contribution in [0.4, 0.5) is 22.7 Å². The quantitative estimate of drug-likeness (QED) is 0.652. The number of benzene rings is 2. The van der Waals surface area contributed by atoms with Crippen LogP contribution in [0.15, 0.2) is 48.5 Å². The van der Waals surface area contributed by atoms with Crippen molar-refractivity contribution in [2.24, 2.45) is 0 Å². The number of hydroxylamine groups is 2. The number of rotatable bonds is 4. The summed E-state index contributed by atoms with van der Waals surface area (Å²) in [6, 6.07) is 13.9. The van der Waals surface area contributed by atoms with Crippen LogP contribution >= 0.6 is 0 Å². The number of hydrogen-bond acceptors (Lipinski definition) is 6. The molecule has 0 fully saturated rings. The molecule has 0 aliphatic rings. The molecular weight excluding hydrogens is 330 g/mol. The Kier molecular flexibility index (Phi) is 5.51. The van der Waals surface area contributed by atoms with E-state index in [1.165, 1.54) is 0 Å². The van der Waals surface area contributed by atoms with Crippen molar-refractivity contribution in [3.8, 4) is 0 Å². The lowest BCUT2D eigenvalue weighted by molar-refractivity contribution is 0.181. The molecule has 6 nitrogen and oxygen atoms in total. The van der Waals surface area contributed by atoms with Crippen molar-refractivity contribution >= 4 is 22.7 Å². The monoisotopic (exact) mass is 359 g/mol. The van der Waals surface area contributed by atoms with Crippen molar-refractivity contribution < 1.29 is 15.6 Å². The lowest BCUT2D eigenvalue weighted by atomic mass is 10.1. The molecule has 0 amide bonds. The zero-order valence-electron chi connectivity index (χ0n) is 16.3. The third-order valence-electron chi connectivity index (χ3n) is 3.91. The van der Waals surface area contributed by atoms with Gasteiger partial charge in [0.05, 0.1) is 33.8 Å². The highest BCUT2D eigenvalue weighted by molar-refractivity contribution is 5.68. The minimum absolute atomic E-state index is 0.469. The standard InChI is InChI=1S/C20H29N3O3/c1-19(2,3)22(25)17-11-7-9-15(13-17)21(24)16-10-8-12-18(14-16)23(26)20(4,5)6/h7-14,24-26H,1-6H3. The van der Waals surface area contributed by atoms with E-state index in [-0.39, 0.29) is 0 Å². The average Bonchev–Trinajstić information content (AvgIpc) is 2.58. The van der Waals surface area contributed by atoms with Gasteiger partial charge in [0, 0.05) is 0 Å². The van der Waals surface area contributed by atoms with Crippen LogP contribution in [0.2, 0.25) is 0 Å². The molecule has 3 N–H and O–H groups in total. The lowest BCUT2D eigenvalue weighted by Gasteiger charge is -2.32. The second-order valence-electron chi connectivity index (χ2n) is 8.32. The van der Waals surface area contributed by atoms with Gasteiger partial charge in [0.1, 0.15) is 0 Å². The molecule has 0 atom stereocenters. The van der Waals surface area contributed by atoms with Gasteiger partial charge >= 0.3 is 0 Å².